The number of hydrogen-bond donors (Lipinski definition) is 3. The lowest BCUT2D eigenvalue weighted by molar-refractivity contribution is -0.00177. The Bertz CT molecular complexity index is 1730. The van der Waals surface area contributed by atoms with E-state index in [9.17, 15) is 19.6 Å². The molecule has 1 amide bonds. The Balaban J connectivity index is 1.49. The molecule has 0 fully saturated rings. The normalized spacial score (nSPS) is 12.2. The highest BCUT2D eigenvalue weighted by Crippen LogP contribution is 2.29. The zero-order chi connectivity index (χ0) is 28.4. The van der Waals surface area contributed by atoms with Gasteiger partial charge in [0.15, 0.2) is 0 Å². The second kappa shape index (κ2) is 10.6. The van der Waals surface area contributed by atoms with E-state index < -0.39 is 17.7 Å². The van der Waals surface area contributed by atoms with Crippen molar-refractivity contribution in [3.63, 3.8) is 0 Å². The molecule has 4 aromatic heterocycles. The van der Waals surface area contributed by atoms with Crippen molar-refractivity contribution >= 4 is 22.8 Å². The molecule has 0 bridgehead atoms. The SMILES string of the molecule is Cn1cncc1-c1ccc(Nc2cc(-c3ccc4cc(C#N)cnn34)ncc2C(=O)NC[C@@H](F)C(C)(C)O)cc1. The number of nitrogens with zero attached hydrogens (tertiary/aromatic N) is 6. The van der Waals surface area contributed by atoms with Crippen LogP contribution in [0.1, 0.15) is 29.8 Å². The van der Waals surface area contributed by atoms with Crippen LogP contribution >= 0.6 is 0 Å². The fourth-order valence-corrected chi connectivity index (χ4v) is 4.18. The highest BCUT2D eigenvalue weighted by molar-refractivity contribution is 6.00. The first-order chi connectivity index (χ1) is 19.1. The molecule has 0 aliphatic heterocycles. The topological polar surface area (TPSA) is 133 Å². The van der Waals surface area contributed by atoms with Gasteiger partial charge in [0.25, 0.3) is 5.91 Å². The molecule has 0 aliphatic carbocycles. The molecule has 1 atom stereocenters. The Hall–Kier alpha value is -5.08. The lowest BCUT2D eigenvalue weighted by atomic mass is 10.0. The molecule has 0 radical (unpaired) electrons. The molecule has 5 rings (SSSR count). The summed E-state index contributed by atoms with van der Waals surface area (Å²) in [4.78, 5) is 21.8. The van der Waals surface area contributed by atoms with Crippen LogP contribution in [-0.2, 0) is 7.05 Å². The van der Waals surface area contributed by atoms with Gasteiger partial charge in [-0.25, -0.2) is 13.9 Å². The maximum Gasteiger partial charge on any atom is 0.255 e. The quantitative estimate of drug-likeness (QED) is 0.269. The fraction of sp³-hybridized carbons (Fsp3) is 0.207. The molecule has 0 unspecified atom stereocenters. The number of aliphatic hydroxyl groups is 1. The van der Waals surface area contributed by atoms with E-state index in [4.69, 9.17) is 0 Å². The summed E-state index contributed by atoms with van der Waals surface area (Å²) in [5, 5.41) is 29.3. The summed E-state index contributed by atoms with van der Waals surface area (Å²) in [7, 11) is 1.92. The van der Waals surface area contributed by atoms with Gasteiger partial charge >= 0.3 is 0 Å². The number of hydrogen-bond acceptors (Lipinski definition) is 7. The Labute approximate surface area is 229 Å². The third-order valence-electron chi connectivity index (χ3n) is 6.53. The summed E-state index contributed by atoms with van der Waals surface area (Å²) < 4.78 is 17.9. The largest absolute Gasteiger partial charge is 0.387 e. The van der Waals surface area contributed by atoms with E-state index in [1.807, 2.05) is 48.0 Å². The van der Waals surface area contributed by atoms with Crippen molar-refractivity contribution in [2.24, 2.45) is 7.05 Å². The zero-order valence-corrected chi connectivity index (χ0v) is 22.1. The highest BCUT2D eigenvalue weighted by atomic mass is 19.1. The van der Waals surface area contributed by atoms with Gasteiger partial charge in [0.2, 0.25) is 0 Å². The third kappa shape index (κ3) is 5.39. The number of imidazole rings is 1. The van der Waals surface area contributed by atoms with Crippen molar-refractivity contribution in [3.8, 4) is 28.7 Å². The fourth-order valence-electron chi connectivity index (χ4n) is 4.18. The molecule has 0 saturated carbocycles. The molecular formula is C29H27FN8O2. The molecule has 4 heterocycles. The Kier molecular flexibility index (Phi) is 7.02. The molecule has 11 heteroatoms. The van der Waals surface area contributed by atoms with Crippen molar-refractivity contribution in [2.45, 2.75) is 25.6 Å². The van der Waals surface area contributed by atoms with E-state index in [2.05, 4.69) is 31.8 Å². The summed E-state index contributed by atoms with van der Waals surface area (Å²) in [6.07, 6.45) is 4.73. The molecule has 1 aromatic carbocycles. The van der Waals surface area contributed by atoms with Crippen molar-refractivity contribution in [2.75, 3.05) is 11.9 Å². The molecule has 40 heavy (non-hydrogen) atoms. The molecule has 3 N–H and O–H groups in total. The van der Waals surface area contributed by atoms with Gasteiger partial charge in [0, 0.05) is 18.9 Å². The molecular weight excluding hydrogens is 511 g/mol. The van der Waals surface area contributed by atoms with Crippen molar-refractivity contribution in [3.05, 3.63) is 84.6 Å². The van der Waals surface area contributed by atoms with Crippen LogP contribution in [0.4, 0.5) is 15.8 Å². The van der Waals surface area contributed by atoms with Crippen LogP contribution in [0.25, 0.3) is 28.2 Å². The summed E-state index contributed by atoms with van der Waals surface area (Å²) in [5.74, 6) is -0.545. The van der Waals surface area contributed by atoms with Gasteiger partial charge in [-0.05, 0) is 55.8 Å². The maximum absolute atomic E-state index is 14.3. The number of halogens is 1. The maximum atomic E-state index is 14.3. The Morgan fingerprint density at radius 3 is 2.58 bits per heavy atom. The number of pyridine rings is 1. The summed E-state index contributed by atoms with van der Waals surface area (Å²) in [6.45, 7) is 2.33. The van der Waals surface area contributed by atoms with Crippen LogP contribution in [0.5, 0.6) is 0 Å². The average molecular weight is 539 g/mol. The number of carbonyl (C=O) groups is 1. The number of benzene rings is 1. The summed E-state index contributed by atoms with van der Waals surface area (Å²) in [5.41, 5.74) is 4.04. The second-order valence-electron chi connectivity index (χ2n) is 9.95. The van der Waals surface area contributed by atoms with Gasteiger partial charge in [-0.15, -0.1) is 0 Å². The van der Waals surface area contributed by atoms with E-state index in [-0.39, 0.29) is 12.1 Å². The predicted octanol–water partition coefficient (Wildman–Crippen LogP) is 4.25. The van der Waals surface area contributed by atoms with Crippen LogP contribution < -0.4 is 10.6 Å². The van der Waals surface area contributed by atoms with Gasteiger partial charge < -0.3 is 20.3 Å². The first-order valence-electron chi connectivity index (χ1n) is 12.5. The predicted molar refractivity (Wildman–Crippen MR) is 149 cm³/mol. The minimum Gasteiger partial charge on any atom is -0.387 e. The monoisotopic (exact) mass is 538 g/mol. The van der Waals surface area contributed by atoms with Crippen LogP contribution in [0.15, 0.2) is 73.4 Å². The van der Waals surface area contributed by atoms with Crippen LogP contribution in [0.3, 0.4) is 0 Å². The van der Waals surface area contributed by atoms with E-state index in [1.165, 1.54) is 26.2 Å². The number of aryl methyl sites for hydroxylation is 1. The molecule has 5 aromatic rings. The van der Waals surface area contributed by atoms with Gasteiger partial charge in [0.1, 0.15) is 12.2 Å². The standard InChI is InChI=1S/C29H27FN8O2/c1-29(2,40)27(30)16-34-28(39)22-14-33-24(25-9-8-21-10-18(12-31)13-35-38(21)25)11-23(22)36-20-6-4-19(5-7-20)26-15-32-17-37(26)3/h4-11,13-15,17,27,40H,16H2,1-3H3,(H,33,36)(H,34,39)/t27-/m1/s1. The summed E-state index contributed by atoms with van der Waals surface area (Å²) >= 11 is 0. The highest BCUT2D eigenvalue weighted by Gasteiger charge is 2.27. The van der Waals surface area contributed by atoms with E-state index in [0.717, 1.165) is 16.8 Å². The smallest absolute Gasteiger partial charge is 0.255 e. The third-order valence-corrected chi connectivity index (χ3v) is 6.53. The van der Waals surface area contributed by atoms with Crippen LogP contribution in [-0.4, -0.2) is 53.5 Å². The van der Waals surface area contributed by atoms with Crippen molar-refractivity contribution in [1.82, 2.24) is 29.5 Å². The average Bonchev–Trinajstić information content (AvgIpc) is 3.57. The minimum absolute atomic E-state index is 0.197. The van der Waals surface area contributed by atoms with E-state index in [1.54, 1.807) is 29.2 Å². The number of rotatable bonds is 8. The molecule has 0 saturated heterocycles. The number of fused-ring (bicyclic) bond motifs is 1. The lowest BCUT2D eigenvalue weighted by Gasteiger charge is -2.22. The number of anilines is 2. The molecule has 10 nitrogen and oxygen atoms in total. The zero-order valence-electron chi connectivity index (χ0n) is 22.1. The molecule has 202 valence electrons. The number of aromatic nitrogens is 5. The molecule has 0 aliphatic rings. The minimum atomic E-state index is -1.66. The van der Waals surface area contributed by atoms with Crippen LogP contribution in [0, 0.1) is 11.3 Å². The van der Waals surface area contributed by atoms with Gasteiger partial charge in [0.05, 0.1) is 70.3 Å². The Morgan fingerprint density at radius 1 is 1.12 bits per heavy atom. The first-order valence-corrected chi connectivity index (χ1v) is 12.5. The Morgan fingerprint density at radius 2 is 1.90 bits per heavy atom. The van der Waals surface area contributed by atoms with Crippen molar-refractivity contribution in [1.29, 1.82) is 5.26 Å². The summed E-state index contributed by atoms with van der Waals surface area (Å²) in [6, 6.07) is 16.8. The number of nitrogens with one attached hydrogen (secondary N) is 2. The first kappa shape index (κ1) is 26.5. The number of nitriles is 1. The second-order valence-corrected chi connectivity index (χ2v) is 9.95. The molecule has 0 spiro atoms. The van der Waals surface area contributed by atoms with Gasteiger partial charge in [-0.3, -0.25) is 9.78 Å². The van der Waals surface area contributed by atoms with Crippen LogP contribution in [0.2, 0.25) is 0 Å². The van der Waals surface area contributed by atoms with Crippen molar-refractivity contribution < 1.29 is 14.3 Å². The number of alkyl halides is 1. The van der Waals surface area contributed by atoms with E-state index in [0.29, 0.717) is 28.3 Å². The lowest BCUT2D eigenvalue weighted by Crippen LogP contribution is -2.42. The number of amides is 1. The van der Waals surface area contributed by atoms with E-state index >= 15 is 0 Å². The number of carbonyl (C=O) groups excluding carboxylic acids is 1. The van der Waals surface area contributed by atoms with Gasteiger partial charge in [-0.2, -0.15) is 10.4 Å². The van der Waals surface area contributed by atoms with Gasteiger partial charge in [-0.1, -0.05) is 12.1 Å².